The van der Waals surface area contributed by atoms with E-state index in [-0.39, 0.29) is 0 Å². The summed E-state index contributed by atoms with van der Waals surface area (Å²) in [6.45, 7) is 4.55. The molecule has 1 aromatic heterocycles. The number of benzene rings is 1. The van der Waals surface area contributed by atoms with E-state index in [1.807, 2.05) is 6.07 Å². The largest absolute Gasteiger partial charge is 0.464 e. The maximum Gasteiger partial charge on any atom is 0.137 e. The second-order valence-corrected chi connectivity index (χ2v) is 4.76. The van der Waals surface area contributed by atoms with Crippen LogP contribution in [0.2, 0.25) is 0 Å². The number of rotatable bonds is 1. The Morgan fingerprint density at radius 2 is 2.25 bits per heavy atom. The Morgan fingerprint density at radius 3 is 3.12 bits per heavy atom. The predicted molar refractivity (Wildman–Crippen MR) is 65.6 cm³/mol. The lowest BCUT2D eigenvalue weighted by Gasteiger charge is -2.29. The predicted octanol–water partition coefficient (Wildman–Crippen LogP) is 3.15. The van der Waals surface area contributed by atoms with Gasteiger partial charge < -0.3 is 9.73 Å². The average Bonchev–Trinajstić information content (AvgIpc) is 2.77. The molecule has 1 saturated heterocycles. The molecule has 2 atom stereocenters. The molecule has 2 nitrogen and oxygen atoms in total. The van der Waals surface area contributed by atoms with Gasteiger partial charge in [-0.05, 0) is 43.0 Å². The van der Waals surface area contributed by atoms with Crippen LogP contribution in [0.1, 0.15) is 24.8 Å². The van der Waals surface area contributed by atoms with E-state index in [0.717, 1.165) is 18.7 Å². The molecule has 3 rings (SSSR count). The molecule has 0 unspecified atom stereocenters. The lowest BCUT2D eigenvalue weighted by atomic mass is 9.82. The van der Waals surface area contributed by atoms with Gasteiger partial charge in [-0.15, -0.1) is 0 Å². The first-order valence-corrected chi connectivity index (χ1v) is 6.03. The fraction of sp³-hybridized carbons (Fsp3) is 0.429. The second kappa shape index (κ2) is 3.95. The first-order valence-electron chi connectivity index (χ1n) is 6.03. The SMILES string of the molecule is C[C@H]1CNCC[C@H]1c1cccc2ccoc12. The Bertz CT molecular complexity index is 488. The number of nitrogens with one attached hydrogen (secondary N) is 1. The molecule has 16 heavy (non-hydrogen) atoms. The molecule has 0 radical (unpaired) electrons. The molecule has 1 aromatic carbocycles. The summed E-state index contributed by atoms with van der Waals surface area (Å²) in [4.78, 5) is 0. The van der Waals surface area contributed by atoms with Gasteiger partial charge in [0.05, 0.1) is 6.26 Å². The van der Waals surface area contributed by atoms with Crippen molar-refractivity contribution in [3.05, 3.63) is 36.1 Å². The van der Waals surface area contributed by atoms with E-state index in [9.17, 15) is 0 Å². The summed E-state index contributed by atoms with van der Waals surface area (Å²) in [5, 5.41) is 4.67. The Labute approximate surface area is 95.6 Å². The molecule has 0 aliphatic carbocycles. The van der Waals surface area contributed by atoms with Gasteiger partial charge in [0.1, 0.15) is 5.58 Å². The first kappa shape index (κ1) is 9.91. The van der Waals surface area contributed by atoms with Gasteiger partial charge in [0.15, 0.2) is 0 Å². The zero-order valence-electron chi connectivity index (χ0n) is 9.57. The molecule has 1 N–H and O–H groups in total. The highest BCUT2D eigenvalue weighted by Crippen LogP contribution is 2.34. The third-order valence-electron chi connectivity index (χ3n) is 3.69. The highest BCUT2D eigenvalue weighted by molar-refractivity contribution is 5.80. The molecule has 0 saturated carbocycles. The van der Waals surface area contributed by atoms with Crippen LogP contribution < -0.4 is 5.32 Å². The maximum atomic E-state index is 5.63. The molecule has 1 fully saturated rings. The molecule has 84 valence electrons. The molecule has 1 aliphatic heterocycles. The first-order chi connectivity index (χ1) is 7.86. The smallest absolute Gasteiger partial charge is 0.137 e. The minimum Gasteiger partial charge on any atom is -0.464 e. The summed E-state index contributed by atoms with van der Waals surface area (Å²) in [5.74, 6) is 1.32. The molecule has 1 aliphatic rings. The zero-order chi connectivity index (χ0) is 11.0. The van der Waals surface area contributed by atoms with Crippen LogP contribution in [-0.4, -0.2) is 13.1 Å². The van der Waals surface area contributed by atoms with Gasteiger partial charge in [-0.1, -0.05) is 25.1 Å². The minimum atomic E-state index is 0.635. The Hall–Kier alpha value is -1.28. The van der Waals surface area contributed by atoms with Gasteiger partial charge in [-0.3, -0.25) is 0 Å². The highest BCUT2D eigenvalue weighted by Gasteiger charge is 2.24. The highest BCUT2D eigenvalue weighted by atomic mass is 16.3. The zero-order valence-corrected chi connectivity index (χ0v) is 9.57. The van der Waals surface area contributed by atoms with Crippen LogP contribution in [0, 0.1) is 5.92 Å². The molecule has 0 bridgehead atoms. The van der Waals surface area contributed by atoms with E-state index < -0.39 is 0 Å². The monoisotopic (exact) mass is 215 g/mol. The Kier molecular flexibility index (Phi) is 2.44. The number of hydrogen-bond donors (Lipinski definition) is 1. The standard InChI is InChI=1S/C14H17NO/c1-10-9-15-7-5-12(10)13-4-2-3-11-6-8-16-14(11)13/h2-4,6,8,10,12,15H,5,7,9H2,1H3/t10-,12+/m0/s1. The quantitative estimate of drug-likeness (QED) is 0.790. The summed E-state index contributed by atoms with van der Waals surface area (Å²) in [5.41, 5.74) is 2.47. The lowest BCUT2D eigenvalue weighted by Crippen LogP contribution is -2.33. The molecule has 2 heterocycles. The Morgan fingerprint density at radius 1 is 1.31 bits per heavy atom. The average molecular weight is 215 g/mol. The van der Waals surface area contributed by atoms with Crippen molar-refractivity contribution in [1.29, 1.82) is 0 Å². The minimum absolute atomic E-state index is 0.635. The van der Waals surface area contributed by atoms with Crippen LogP contribution in [0.15, 0.2) is 34.9 Å². The molecule has 2 aromatic rings. The van der Waals surface area contributed by atoms with Crippen molar-refractivity contribution in [2.24, 2.45) is 5.92 Å². The summed E-state index contributed by atoms with van der Waals surface area (Å²) < 4.78 is 5.63. The van der Waals surface area contributed by atoms with Crippen molar-refractivity contribution in [2.45, 2.75) is 19.3 Å². The topological polar surface area (TPSA) is 25.2 Å². The van der Waals surface area contributed by atoms with Gasteiger partial charge in [0, 0.05) is 5.39 Å². The van der Waals surface area contributed by atoms with Crippen molar-refractivity contribution in [2.75, 3.05) is 13.1 Å². The molecular weight excluding hydrogens is 198 g/mol. The van der Waals surface area contributed by atoms with Crippen molar-refractivity contribution in [1.82, 2.24) is 5.32 Å². The lowest BCUT2D eigenvalue weighted by molar-refractivity contribution is 0.349. The van der Waals surface area contributed by atoms with Crippen molar-refractivity contribution < 1.29 is 4.42 Å². The van der Waals surface area contributed by atoms with E-state index in [0.29, 0.717) is 11.8 Å². The fourth-order valence-electron chi connectivity index (χ4n) is 2.78. The van der Waals surface area contributed by atoms with E-state index >= 15 is 0 Å². The van der Waals surface area contributed by atoms with E-state index in [1.165, 1.54) is 17.4 Å². The number of hydrogen-bond acceptors (Lipinski definition) is 2. The van der Waals surface area contributed by atoms with Crippen LogP contribution in [0.5, 0.6) is 0 Å². The van der Waals surface area contributed by atoms with Gasteiger partial charge >= 0.3 is 0 Å². The van der Waals surface area contributed by atoms with Crippen molar-refractivity contribution in [3.63, 3.8) is 0 Å². The van der Waals surface area contributed by atoms with E-state index in [1.54, 1.807) is 6.26 Å². The van der Waals surface area contributed by atoms with Gasteiger partial charge in [0.2, 0.25) is 0 Å². The molecule has 2 heteroatoms. The van der Waals surface area contributed by atoms with Crippen molar-refractivity contribution in [3.8, 4) is 0 Å². The van der Waals surface area contributed by atoms with Crippen LogP contribution in [0.3, 0.4) is 0 Å². The summed E-state index contributed by atoms with van der Waals surface area (Å²) >= 11 is 0. The van der Waals surface area contributed by atoms with Crippen LogP contribution in [0.25, 0.3) is 11.0 Å². The van der Waals surface area contributed by atoms with Crippen LogP contribution >= 0.6 is 0 Å². The third kappa shape index (κ3) is 1.54. The summed E-state index contributed by atoms with van der Waals surface area (Å²) in [6.07, 6.45) is 3.00. The van der Waals surface area contributed by atoms with E-state index in [4.69, 9.17) is 4.42 Å². The van der Waals surface area contributed by atoms with Crippen LogP contribution in [-0.2, 0) is 0 Å². The van der Waals surface area contributed by atoms with Crippen molar-refractivity contribution >= 4 is 11.0 Å². The van der Waals surface area contributed by atoms with Gasteiger partial charge in [0.25, 0.3) is 0 Å². The van der Waals surface area contributed by atoms with E-state index in [2.05, 4.69) is 30.4 Å². The molecular formula is C14H17NO. The number of para-hydroxylation sites is 1. The third-order valence-corrected chi connectivity index (χ3v) is 3.69. The maximum absolute atomic E-state index is 5.63. The Balaban J connectivity index is 2.07. The number of furan rings is 1. The molecule has 0 spiro atoms. The summed E-state index contributed by atoms with van der Waals surface area (Å²) in [6, 6.07) is 8.53. The van der Waals surface area contributed by atoms with Gasteiger partial charge in [-0.2, -0.15) is 0 Å². The summed E-state index contributed by atoms with van der Waals surface area (Å²) in [7, 11) is 0. The fourth-order valence-corrected chi connectivity index (χ4v) is 2.78. The second-order valence-electron chi connectivity index (χ2n) is 4.76. The van der Waals surface area contributed by atoms with Crippen LogP contribution in [0.4, 0.5) is 0 Å². The number of fused-ring (bicyclic) bond motifs is 1. The number of piperidine rings is 1. The molecule has 0 amide bonds. The normalized spacial score (nSPS) is 26.1. The van der Waals surface area contributed by atoms with Gasteiger partial charge in [-0.25, -0.2) is 0 Å².